The summed E-state index contributed by atoms with van der Waals surface area (Å²) in [5, 5.41) is 3.38. The minimum atomic E-state index is 0.763. The molecule has 96 valence electrons. The number of nitrogens with zero attached hydrogens (tertiary/aromatic N) is 3. The Morgan fingerprint density at radius 1 is 1.28 bits per heavy atom. The van der Waals surface area contributed by atoms with Gasteiger partial charge in [0.15, 0.2) is 0 Å². The van der Waals surface area contributed by atoms with Crippen LogP contribution in [0.25, 0.3) is 0 Å². The molecule has 18 heavy (non-hydrogen) atoms. The Morgan fingerprint density at radius 3 is 2.50 bits per heavy atom. The Labute approximate surface area is 116 Å². The van der Waals surface area contributed by atoms with E-state index in [0.29, 0.717) is 0 Å². The van der Waals surface area contributed by atoms with Crippen molar-refractivity contribution in [2.24, 2.45) is 7.05 Å². The Morgan fingerprint density at radius 2 is 1.94 bits per heavy atom. The van der Waals surface area contributed by atoms with E-state index in [1.165, 1.54) is 0 Å². The van der Waals surface area contributed by atoms with Gasteiger partial charge >= 0.3 is 0 Å². The molecule has 0 spiro atoms. The van der Waals surface area contributed by atoms with Gasteiger partial charge in [0.2, 0.25) is 5.95 Å². The Hall–Kier alpha value is -1.49. The molecule has 0 fully saturated rings. The van der Waals surface area contributed by atoms with Crippen molar-refractivity contribution < 1.29 is 0 Å². The average molecular weight is 309 g/mol. The van der Waals surface area contributed by atoms with E-state index in [9.17, 15) is 0 Å². The van der Waals surface area contributed by atoms with Gasteiger partial charge in [-0.25, -0.2) is 4.98 Å². The number of hydrogen-bond donors (Lipinski definition) is 1. The number of aromatic nitrogens is 2. The van der Waals surface area contributed by atoms with E-state index in [1.54, 1.807) is 0 Å². The van der Waals surface area contributed by atoms with Crippen LogP contribution in [0.15, 0.2) is 34.9 Å². The number of halogens is 1. The molecule has 4 nitrogen and oxygen atoms in total. The second-order valence-electron chi connectivity index (χ2n) is 4.36. The zero-order valence-electron chi connectivity index (χ0n) is 10.8. The van der Waals surface area contributed by atoms with E-state index in [0.717, 1.165) is 28.3 Å². The Bertz CT molecular complexity index is 516. The maximum Gasteiger partial charge on any atom is 0.204 e. The number of hydrogen-bond acceptors (Lipinski definition) is 3. The lowest BCUT2D eigenvalue weighted by Gasteiger charge is -2.13. The van der Waals surface area contributed by atoms with Crippen molar-refractivity contribution in [2.75, 3.05) is 24.3 Å². The molecule has 1 aromatic heterocycles. The monoisotopic (exact) mass is 308 g/mol. The molecular formula is C13H17BrN4. The molecule has 0 aliphatic rings. The predicted octanol–water partition coefficient (Wildman–Crippen LogP) is 2.86. The van der Waals surface area contributed by atoms with Crippen LogP contribution < -0.4 is 10.2 Å². The topological polar surface area (TPSA) is 33.1 Å². The Kier molecular flexibility index (Phi) is 3.91. The quantitative estimate of drug-likeness (QED) is 0.943. The first-order valence-electron chi connectivity index (χ1n) is 5.75. The summed E-state index contributed by atoms with van der Waals surface area (Å²) in [5.41, 5.74) is 2.26. The molecule has 1 heterocycles. The second kappa shape index (κ2) is 5.44. The highest BCUT2D eigenvalue weighted by Crippen LogP contribution is 2.16. The average Bonchev–Trinajstić information content (AvgIpc) is 2.70. The molecule has 0 radical (unpaired) electrons. The largest absolute Gasteiger partial charge is 0.379 e. The summed E-state index contributed by atoms with van der Waals surface area (Å²) in [6.07, 6.45) is 1.90. The van der Waals surface area contributed by atoms with Gasteiger partial charge in [-0.2, -0.15) is 0 Å². The lowest BCUT2D eigenvalue weighted by molar-refractivity contribution is 0.814. The third-order valence-corrected chi connectivity index (χ3v) is 3.31. The predicted molar refractivity (Wildman–Crippen MR) is 79.0 cm³/mol. The van der Waals surface area contributed by atoms with Crippen LogP contribution in [0.2, 0.25) is 0 Å². The summed E-state index contributed by atoms with van der Waals surface area (Å²) in [6, 6.07) is 8.15. The molecule has 0 saturated carbocycles. The molecule has 1 aromatic carbocycles. The van der Waals surface area contributed by atoms with Gasteiger partial charge in [0.05, 0.1) is 18.4 Å². The molecule has 0 saturated heterocycles. The van der Waals surface area contributed by atoms with Crippen molar-refractivity contribution in [1.82, 2.24) is 9.55 Å². The van der Waals surface area contributed by atoms with Crippen LogP contribution in [0.1, 0.15) is 5.69 Å². The van der Waals surface area contributed by atoms with Crippen molar-refractivity contribution >= 4 is 27.6 Å². The normalized spacial score (nSPS) is 10.4. The fourth-order valence-electron chi connectivity index (χ4n) is 1.77. The summed E-state index contributed by atoms with van der Waals surface area (Å²) in [6.45, 7) is 0.763. The maximum atomic E-state index is 4.38. The van der Waals surface area contributed by atoms with Gasteiger partial charge in [-0.05, 0) is 24.3 Å². The third-order valence-electron chi connectivity index (χ3n) is 2.78. The highest BCUT2D eigenvalue weighted by atomic mass is 79.9. The van der Waals surface area contributed by atoms with Gasteiger partial charge in [-0.3, -0.25) is 0 Å². The van der Waals surface area contributed by atoms with Gasteiger partial charge in [-0.15, -0.1) is 0 Å². The summed E-state index contributed by atoms with van der Waals surface area (Å²) in [4.78, 5) is 6.39. The standard InChI is InChI=1S/C13H17BrN4/c1-17(2)13-16-9-12(18(13)3)8-15-11-6-4-10(14)5-7-11/h4-7,9,15H,8H2,1-3H3. The summed E-state index contributed by atoms with van der Waals surface area (Å²) in [5.74, 6) is 0.961. The fraction of sp³-hybridized carbons (Fsp3) is 0.308. The van der Waals surface area contributed by atoms with E-state index >= 15 is 0 Å². The first kappa shape index (κ1) is 13.0. The minimum absolute atomic E-state index is 0.763. The van der Waals surface area contributed by atoms with Crippen molar-refractivity contribution in [3.63, 3.8) is 0 Å². The lowest BCUT2D eigenvalue weighted by atomic mass is 10.3. The zero-order chi connectivity index (χ0) is 13.1. The van der Waals surface area contributed by atoms with E-state index in [-0.39, 0.29) is 0 Å². The highest BCUT2D eigenvalue weighted by Gasteiger charge is 2.07. The molecular weight excluding hydrogens is 292 g/mol. The summed E-state index contributed by atoms with van der Waals surface area (Å²) >= 11 is 3.42. The van der Waals surface area contributed by atoms with Gasteiger partial charge < -0.3 is 14.8 Å². The van der Waals surface area contributed by atoms with Gasteiger partial charge in [-0.1, -0.05) is 15.9 Å². The molecule has 0 bridgehead atoms. The van der Waals surface area contributed by atoms with E-state index in [1.807, 2.05) is 56.5 Å². The van der Waals surface area contributed by atoms with Gasteiger partial charge in [0.25, 0.3) is 0 Å². The van der Waals surface area contributed by atoms with Crippen LogP contribution in [0.5, 0.6) is 0 Å². The smallest absolute Gasteiger partial charge is 0.204 e. The lowest BCUT2D eigenvalue weighted by Crippen LogP contribution is -2.15. The van der Waals surface area contributed by atoms with Crippen molar-refractivity contribution in [3.8, 4) is 0 Å². The first-order chi connectivity index (χ1) is 8.58. The molecule has 0 aliphatic heterocycles. The van der Waals surface area contributed by atoms with Crippen molar-refractivity contribution in [2.45, 2.75) is 6.54 Å². The van der Waals surface area contributed by atoms with Crippen LogP contribution in [-0.2, 0) is 13.6 Å². The number of rotatable bonds is 4. The molecule has 1 N–H and O–H groups in total. The number of nitrogens with one attached hydrogen (secondary N) is 1. The number of imidazole rings is 1. The van der Waals surface area contributed by atoms with Crippen LogP contribution in [0, 0.1) is 0 Å². The van der Waals surface area contributed by atoms with Gasteiger partial charge in [0, 0.05) is 31.3 Å². The number of benzene rings is 1. The summed E-state index contributed by atoms with van der Waals surface area (Å²) in [7, 11) is 6.02. The minimum Gasteiger partial charge on any atom is -0.379 e. The van der Waals surface area contributed by atoms with Crippen molar-refractivity contribution in [1.29, 1.82) is 0 Å². The maximum absolute atomic E-state index is 4.38. The van der Waals surface area contributed by atoms with E-state index < -0.39 is 0 Å². The molecule has 2 aromatic rings. The summed E-state index contributed by atoms with van der Waals surface area (Å²) < 4.78 is 3.18. The fourth-order valence-corrected chi connectivity index (χ4v) is 2.04. The van der Waals surface area contributed by atoms with Crippen LogP contribution in [0.4, 0.5) is 11.6 Å². The van der Waals surface area contributed by atoms with Gasteiger partial charge in [0.1, 0.15) is 0 Å². The molecule has 5 heteroatoms. The second-order valence-corrected chi connectivity index (χ2v) is 5.28. The van der Waals surface area contributed by atoms with Crippen LogP contribution >= 0.6 is 15.9 Å². The SMILES string of the molecule is CN(C)c1ncc(CNc2ccc(Br)cc2)n1C. The van der Waals surface area contributed by atoms with Crippen LogP contribution in [0.3, 0.4) is 0 Å². The molecule has 0 atom stereocenters. The zero-order valence-corrected chi connectivity index (χ0v) is 12.4. The molecule has 0 aliphatic carbocycles. The van der Waals surface area contributed by atoms with E-state index in [4.69, 9.17) is 0 Å². The first-order valence-corrected chi connectivity index (χ1v) is 6.54. The molecule has 2 rings (SSSR count). The van der Waals surface area contributed by atoms with E-state index in [2.05, 4.69) is 30.8 Å². The molecule has 0 amide bonds. The van der Waals surface area contributed by atoms with Crippen LogP contribution in [-0.4, -0.2) is 23.6 Å². The highest BCUT2D eigenvalue weighted by molar-refractivity contribution is 9.10. The third kappa shape index (κ3) is 2.85. The number of anilines is 2. The van der Waals surface area contributed by atoms with Crippen molar-refractivity contribution in [3.05, 3.63) is 40.6 Å². The molecule has 0 unspecified atom stereocenters. The Balaban J connectivity index is 2.04.